The molecule has 0 saturated heterocycles. The number of hydrogen-bond acceptors (Lipinski definition) is 3. The van der Waals surface area contributed by atoms with Crippen LogP contribution in [0.2, 0.25) is 0 Å². The summed E-state index contributed by atoms with van der Waals surface area (Å²) in [5, 5.41) is 2.97. The molecule has 0 heterocycles. The van der Waals surface area contributed by atoms with Crippen LogP contribution in [0.1, 0.15) is 12.0 Å². The molecule has 0 aromatic heterocycles. The average molecular weight is 321 g/mol. The molecule has 1 rings (SSSR count). The fraction of sp³-hybridized carbons (Fsp3) is 0.455. The van der Waals surface area contributed by atoms with E-state index in [0.29, 0.717) is 11.4 Å². The minimum absolute atomic E-state index is 0.300. The summed E-state index contributed by atoms with van der Waals surface area (Å²) in [4.78, 5) is 0.300. The summed E-state index contributed by atoms with van der Waals surface area (Å²) in [6.07, 6.45) is 0.767. The Labute approximate surface area is 111 Å². The van der Waals surface area contributed by atoms with E-state index in [1.165, 1.54) is 0 Å². The summed E-state index contributed by atoms with van der Waals surface area (Å²) in [5.74, 6) is 0. The molecule has 0 aliphatic carbocycles. The molecule has 1 aromatic carbocycles. The zero-order chi connectivity index (χ0) is 12.9. The summed E-state index contributed by atoms with van der Waals surface area (Å²) in [6, 6.07) is 5.14. The van der Waals surface area contributed by atoms with Crippen LogP contribution in [-0.2, 0) is 10.0 Å². The lowest BCUT2D eigenvalue weighted by atomic mass is 10.2. The summed E-state index contributed by atoms with van der Waals surface area (Å²) in [6.45, 7) is 3.10. The third kappa shape index (κ3) is 4.75. The van der Waals surface area contributed by atoms with Crippen molar-refractivity contribution in [2.24, 2.45) is 0 Å². The van der Waals surface area contributed by atoms with Gasteiger partial charge in [0.2, 0.25) is 10.0 Å². The third-order valence-electron chi connectivity index (χ3n) is 2.22. The molecule has 0 unspecified atom stereocenters. The topological polar surface area (TPSA) is 58.2 Å². The van der Waals surface area contributed by atoms with Gasteiger partial charge < -0.3 is 5.32 Å². The second-order valence-corrected chi connectivity index (χ2v) is 6.50. The summed E-state index contributed by atoms with van der Waals surface area (Å²) >= 11 is 3.30. The van der Waals surface area contributed by atoms with E-state index in [2.05, 4.69) is 26.0 Å². The standard InChI is InChI=1S/C11H17BrN2O2S/c1-9-6-10(12)8-11(7-9)17(15,16)14-5-3-4-13-2/h6-8,13-14H,3-5H2,1-2H3. The summed E-state index contributed by atoms with van der Waals surface area (Å²) in [5.41, 5.74) is 0.912. The van der Waals surface area contributed by atoms with Crippen LogP contribution in [0.25, 0.3) is 0 Å². The van der Waals surface area contributed by atoms with Crippen molar-refractivity contribution in [2.75, 3.05) is 20.1 Å². The number of aryl methyl sites for hydroxylation is 1. The van der Waals surface area contributed by atoms with E-state index < -0.39 is 10.0 Å². The lowest BCUT2D eigenvalue weighted by Crippen LogP contribution is -2.26. The molecule has 4 nitrogen and oxygen atoms in total. The van der Waals surface area contributed by atoms with Gasteiger partial charge in [0.05, 0.1) is 4.90 Å². The van der Waals surface area contributed by atoms with Gasteiger partial charge in [-0.1, -0.05) is 15.9 Å². The lowest BCUT2D eigenvalue weighted by molar-refractivity contribution is 0.577. The monoisotopic (exact) mass is 320 g/mol. The molecule has 0 saturated carbocycles. The van der Waals surface area contributed by atoms with E-state index in [1.807, 2.05) is 20.0 Å². The van der Waals surface area contributed by atoms with Gasteiger partial charge in [0.15, 0.2) is 0 Å². The molecule has 0 spiro atoms. The molecule has 2 N–H and O–H groups in total. The van der Waals surface area contributed by atoms with E-state index in [1.54, 1.807) is 12.1 Å². The minimum atomic E-state index is -3.39. The third-order valence-corrected chi connectivity index (χ3v) is 4.12. The largest absolute Gasteiger partial charge is 0.320 e. The highest BCUT2D eigenvalue weighted by atomic mass is 79.9. The number of rotatable bonds is 6. The molecule has 0 atom stereocenters. The van der Waals surface area contributed by atoms with Gasteiger partial charge >= 0.3 is 0 Å². The molecule has 0 bridgehead atoms. The smallest absolute Gasteiger partial charge is 0.240 e. The molecule has 0 fully saturated rings. The van der Waals surface area contributed by atoms with Crippen molar-refractivity contribution in [2.45, 2.75) is 18.2 Å². The van der Waals surface area contributed by atoms with Crippen LogP contribution in [0, 0.1) is 6.92 Å². The Morgan fingerprint density at radius 1 is 1.24 bits per heavy atom. The van der Waals surface area contributed by atoms with Gasteiger partial charge in [0.1, 0.15) is 0 Å². The first-order valence-corrected chi connectivity index (χ1v) is 7.65. The molecule has 1 aromatic rings. The molecule has 0 aliphatic rings. The van der Waals surface area contributed by atoms with Gasteiger partial charge in [-0.05, 0) is 50.7 Å². The lowest BCUT2D eigenvalue weighted by Gasteiger charge is -2.08. The van der Waals surface area contributed by atoms with Gasteiger partial charge in [-0.2, -0.15) is 0 Å². The fourth-order valence-electron chi connectivity index (χ4n) is 1.41. The molecule has 6 heteroatoms. The zero-order valence-electron chi connectivity index (χ0n) is 9.96. The van der Waals surface area contributed by atoms with Gasteiger partial charge in [0, 0.05) is 11.0 Å². The first-order valence-electron chi connectivity index (χ1n) is 5.37. The first-order chi connectivity index (χ1) is 7.95. The Hall–Kier alpha value is -0.430. The van der Waals surface area contributed by atoms with E-state index >= 15 is 0 Å². The van der Waals surface area contributed by atoms with Crippen LogP contribution in [0.3, 0.4) is 0 Å². The summed E-state index contributed by atoms with van der Waals surface area (Å²) < 4.78 is 27.2. The second-order valence-electron chi connectivity index (χ2n) is 3.82. The first kappa shape index (κ1) is 14.6. The van der Waals surface area contributed by atoms with Crippen molar-refractivity contribution < 1.29 is 8.42 Å². The highest BCUT2D eigenvalue weighted by Crippen LogP contribution is 2.18. The van der Waals surface area contributed by atoms with Crippen molar-refractivity contribution in [1.29, 1.82) is 0 Å². The molecular formula is C11H17BrN2O2S. The average Bonchev–Trinajstić information content (AvgIpc) is 2.23. The van der Waals surface area contributed by atoms with Gasteiger partial charge in [-0.3, -0.25) is 0 Å². The van der Waals surface area contributed by atoms with Gasteiger partial charge in [-0.25, -0.2) is 13.1 Å². The van der Waals surface area contributed by atoms with Crippen LogP contribution in [-0.4, -0.2) is 28.6 Å². The minimum Gasteiger partial charge on any atom is -0.320 e. The second kappa shape index (κ2) is 6.49. The van der Waals surface area contributed by atoms with Crippen LogP contribution >= 0.6 is 15.9 Å². The fourth-order valence-corrected chi connectivity index (χ4v) is 3.38. The molecule has 96 valence electrons. The normalized spacial score (nSPS) is 11.7. The number of halogens is 1. The van der Waals surface area contributed by atoms with E-state index in [4.69, 9.17) is 0 Å². The molecular weight excluding hydrogens is 304 g/mol. The molecule has 0 radical (unpaired) electrons. The Balaban J connectivity index is 2.75. The highest BCUT2D eigenvalue weighted by Gasteiger charge is 2.13. The van der Waals surface area contributed by atoms with Crippen molar-refractivity contribution >= 4 is 26.0 Å². The van der Waals surface area contributed by atoms with E-state index in [0.717, 1.165) is 23.0 Å². The number of nitrogens with one attached hydrogen (secondary N) is 2. The van der Waals surface area contributed by atoms with Crippen molar-refractivity contribution in [3.63, 3.8) is 0 Å². The maximum Gasteiger partial charge on any atom is 0.240 e. The van der Waals surface area contributed by atoms with E-state index in [9.17, 15) is 8.42 Å². The Morgan fingerprint density at radius 2 is 1.94 bits per heavy atom. The van der Waals surface area contributed by atoms with Crippen molar-refractivity contribution in [1.82, 2.24) is 10.0 Å². The Kier molecular flexibility index (Phi) is 5.58. The van der Waals surface area contributed by atoms with E-state index in [-0.39, 0.29) is 0 Å². The van der Waals surface area contributed by atoms with Crippen LogP contribution in [0.15, 0.2) is 27.6 Å². The quantitative estimate of drug-likeness (QED) is 0.783. The maximum absolute atomic E-state index is 11.9. The van der Waals surface area contributed by atoms with Crippen LogP contribution < -0.4 is 10.0 Å². The SMILES string of the molecule is CNCCCNS(=O)(=O)c1cc(C)cc(Br)c1. The van der Waals surface area contributed by atoms with Gasteiger partial charge in [-0.15, -0.1) is 0 Å². The number of hydrogen-bond donors (Lipinski definition) is 2. The molecule has 0 aliphatic heterocycles. The predicted molar refractivity (Wildman–Crippen MR) is 72.6 cm³/mol. The van der Waals surface area contributed by atoms with Gasteiger partial charge in [0.25, 0.3) is 0 Å². The van der Waals surface area contributed by atoms with Crippen molar-refractivity contribution in [3.05, 3.63) is 28.2 Å². The number of benzene rings is 1. The molecule has 0 amide bonds. The highest BCUT2D eigenvalue weighted by molar-refractivity contribution is 9.10. The Morgan fingerprint density at radius 3 is 2.53 bits per heavy atom. The summed E-state index contributed by atoms with van der Waals surface area (Å²) in [7, 11) is -1.55. The van der Waals surface area contributed by atoms with Crippen LogP contribution in [0.5, 0.6) is 0 Å². The van der Waals surface area contributed by atoms with Crippen molar-refractivity contribution in [3.8, 4) is 0 Å². The Bertz CT molecular complexity index is 454. The van der Waals surface area contributed by atoms with Crippen LogP contribution in [0.4, 0.5) is 0 Å². The molecule has 17 heavy (non-hydrogen) atoms. The predicted octanol–water partition coefficient (Wildman–Crippen LogP) is 1.65. The zero-order valence-corrected chi connectivity index (χ0v) is 12.4. The number of sulfonamides is 1. The maximum atomic E-state index is 11.9.